The molecule has 1 heterocycles. The largest absolute Gasteiger partial charge is 0.313 e. The van der Waals surface area contributed by atoms with Gasteiger partial charge in [-0.25, -0.2) is 8.78 Å². The minimum absolute atomic E-state index is 0.132. The lowest BCUT2D eigenvalue weighted by molar-refractivity contribution is -0.0234. The van der Waals surface area contributed by atoms with Crippen LogP contribution >= 0.6 is 0 Å². The molecule has 9 heteroatoms. The Morgan fingerprint density at radius 3 is 1.70 bits per heavy atom. The van der Waals surface area contributed by atoms with Gasteiger partial charge >= 0.3 is 0 Å². The molecule has 0 aromatic carbocycles. The maximum absolute atomic E-state index is 13.7. The summed E-state index contributed by atoms with van der Waals surface area (Å²) in [7, 11) is 0. The summed E-state index contributed by atoms with van der Waals surface area (Å²) in [5.74, 6) is -2.64. The van der Waals surface area contributed by atoms with Gasteiger partial charge < -0.3 is 5.32 Å². The molecule has 1 fully saturated rings. The van der Waals surface area contributed by atoms with Gasteiger partial charge in [-0.05, 0) is 12.8 Å². The van der Waals surface area contributed by atoms with Crippen molar-refractivity contribution in [2.24, 2.45) is 8.94 Å². The smallest absolute Gasteiger partial charge is 0.248 e. The Labute approximate surface area is 129 Å². The van der Waals surface area contributed by atoms with Crippen LogP contribution in [0.4, 0.5) is 8.78 Å². The molecule has 1 N–H and O–H groups in total. The highest BCUT2D eigenvalue weighted by Crippen LogP contribution is 2.26. The van der Waals surface area contributed by atoms with E-state index in [9.17, 15) is 8.78 Å². The van der Waals surface area contributed by atoms with E-state index in [1.165, 1.54) is 0 Å². The SMILES string of the molecule is FC1(F)CCCN(N=S)CCNCCN(N=S)CCC1. The molecule has 0 spiro atoms. The molecule has 0 amide bonds. The van der Waals surface area contributed by atoms with Crippen molar-refractivity contribution in [1.82, 2.24) is 15.3 Å². The summed E-state index contributed by atoms with van der Waals surface area (Å²) in [5, 5.41) is 6.54. The molecule has 0 bridgehead atoms. The van der Waals surface area contributed by atoms with Crippen molar-refractivity contribution in [2.45, 2.75) is 31.6 Å². The third-order valence-electron chi connectivity index (χ3n) is 3.24. The van der Waals surface area contributed by atoms with Crippen molar-refractivity contribution in [3.05, 3.63) is 0 Å². The highest BCUT2D eigenvalue weighted by atomic mass is 32.1. The molecule has 0 aromatic rings. The number of alkyl halides is 2. The summed E-state index contributed by atoms with van der Waals surface area (Å²) < 4.78 is 34.7. The van der Waals surface area contributed by atoms with Gasteiger partial charge in [0.2, 0.25) is 5.92 Å². The molecule has 1 saturated heterocycles. The van der Waals surface area contributed by atoms with E-state index in [4.69, 9.17) is 0 Å². The van der Waals surface area contributed by atoms with Crippen LogP contribution in [0.5, 0.6) is 0 Å². The number of nitrogens with zero attached hydrogens (tertiary/aromatic N) is 4. The van der Waals surface area contributed by atoms with Crippen LogP contribution in [-0.4, -0.2) is 55.2 Å². The van der Waals surface area contributed by atoms with Gasteiger partial charge in [0.05, 0.1) is 24.9 Å². The van der Waals surface area contributed by atoms with Crippen LogP contribution in [0.1, 0.15) is 25.7 Å². The van der Waals surface area contributed by atoms with Crippen molar-refractivity contribution in [3.8, 4) is 0 Å². The van der Waals surface area contributed by atoms with Crippen molar-refractivity contribution in [1.29, 1.82) is 0 Å². The molecule has 0 aromatic heterocycles. The van der Waals surface area contributed by atoms with Crippen LogP contribution in [0.25, 0.3) is 0 Å². The van der Waals surface area contributed by atoms with Crippen LogP contribution in [0.2, 0.25) is 0 Å². The molecular weight excluding hydrogens is 304 g/mol. The third-order valence-corrected chi connectivity index (χ3v) is 3.70. The standard InChI is InChI=1S/C11H21F2N5S2/c12-11(13)3-1-7-17(15-19)9-5-14-6-10-18(16-20)8-2-4-11/h14H,1-10H2. The number of halogens is 2. The molecule has 20 heavy (non-hydrogen) atoms. The molecule has 116 valence electrons. The monoisotopic (exact) mass is 325 g/mol. The first kappa shape index (κ1) is 17.5. The first-order valence-electron chi connectivity index (χ1n) is 6.82. The summed E-state index contributed by atoms with van der Waals surface area (Å²) in [6.45, 7) is 3.63. The summed E-state index contributed by atoms with van der Waals surface area (Å²) in [5.41, 5.74) is 0. The zero-order valence-corrected chi connectivity index (χ0v) is 13.1. The van der Waals surface area contributed by atoms with Crippen LogP contribution in [0.3, 0.4) is 0 Å². The lowest BCUT2D eigenvalue weighted by Crippen LogP contribution is -2.35. The minimum Gasteiger partial charge on any atom is -0.313 e. The molecule has 1 rings (SSSR count). The predicted octanol–water partition coefficient (Wildman–Crippen LogP) is 1.68. The van der Waals surface area contributed by atoms with Gasteiger partial charge in [0.1, 0.15) is 0 Å². The van der Waals surface area contributed by atoms with Gasteiger partial charge in [-0.15, -0.1) is 8.94 Å². The Morgan fingerprint density at radius 1 is 0.850 bits per heavy atom. The van der Waals surface area contributed by atoms with Crippen molar-refractivity contribution in [2.75, 3.05) is 39.3 Å². The lowest BCUT2D eigenvalue weighted by Gasteiger charge is -2.23. The molecule has 0 unspecified atom stereocenters. The molecule has 0 saturated carbocycles. The first-order valence-corrected chi connectivity index (χ1v) is 7.55. The van der Waals surface area contributed by atoms with Crippen LogP contribution < -0.4 is 5.32 Å². The Kier molecular flexibility index (Phi) is 8.24. The summed E-state index contributed by atoms with van der Waals surface area (Å²) >= 11 is 9.31. The topological polar surface area (TPSA) is 43.2 Å². The second kappa shape index (κ2) is 9.41. The van der Waals surface area contributed by atoms with E-state index in [0.717, 1.165) is 0 Å². The van der Waals surface area contributed by atoms with E-state index in [0.29, 0.717) is 52.1 Å². The average molecular weight is 325 g/mol. The van der Waals surface area contributed by atoms with E-state index in [2.05, 4.69) is 39.1 Å². The molecule has 0 aliphatic carbocycles. The van der Waals surface area contributed by atoms with E-state index >= 15 is 0 Å². The Morgan fingerprint density at radius 2 is 1.30 bits per heavy atom. The average Bonchev–Trinajstić information content (AvgIpc) is 2.42. The van der Waals surface area contributed by atoms with Crippen LogP contribution in [0.15, 0.2) is 8.94 Å². The number of hydrogen-bond donors (Lipinski definition) is 1. The predicted molar refractivity (Wildman–Crippen MR) is 79.0 cm³/mol. The van der Waals surface area contributed by atoms with Crippen molar-refractivity contribution in [3.63, 3.8) is 0 Å². The molecule has 0 atom stereocenters. The highest BCUT2D eigenvalue weighted by molar-refractivity contribution is 7.47. The zero-order chi connectivity index (χ0) is 14.8. The fourth-order valence-electron chi connectivity index (χ4n) is 2.09. The molecule has 0 radical (unpaired) electrons. The lowest BCUT2D eigenvalue weighted by atomic mass is 10.1. The van der Waals surface area contributed by atoms with Crippen LogP contribution in [-0.2, 0) is 24.9 Å². The molecular formula is C11H21F2N5S2. The molecule has 1 aliphatic rings. The summed E-state index contributed by atoms with van der Waals surface area (Å²) in [6.07, 6.45) is 0.518. The van der Waals surface area contributed by atoms with Crippen molar-refractivity contribution < 1.29 is 8.78 Å². The van der Waals surface area contributed by atoms with Gasteiger partial charge in [-0.3, -0.25) is 10.0 Å². The number of hydrogen-bond acceptors (Lipinski definition) is 5. The Hall–Kier alpha value is -0.540. The maximum atomic E-state index is 13.7. The van der Waals surface area contributed by atoms with E-state index in [1.807, 2.05) is 0 Å². The van der Waals surface area contributed by atoms with E-state index < -0.39 is 5.92 Å². The van der Waals surface area contributed by atoms with E-state index in [1.54, 1.807) is 10.0 Å². The van der Waals surface area contributed by atoms with Gasteiger partial charge in [0.15, 0.2) is 0 Å². The minimum atomic E-state index is -2.64. The Bertz CT molecular complexity index is 281. The number of rotatable bonds is 2. The zero-order valence-electron chi connectivity index (χ0n) is 11.4. The Balaban J connectivity index is 2.52. The van der Waals surface area contributed by atoms with Crippen molar-refractivity contribution >= 4 is 24.9 Å². The van der Waals surface area contributed by atoms with Gasteiger partial charge in [-0.2, -0.15) is 0 Å². The fraction of sp³-hybridized carbons (Fsp3) is 1.00. The van der Waals surface area contributed by atoms with Gasteiger partial charge in [0, 0.05) is 52.1 Å². The second-order valence-electron chi connectivity index (χ2n) is 4.88. The number of nitrogens with one attached hydrogen (secondary N) is 1. The second-order valence-corrected chi connectivity index (χ2v) is 5.21. The highest BCUT2D eigenvalue weighted by Gasteiger charge is 2.28. The van der Waals surface area contributed by atoms with Crippen LogP contribution in [0, 0.1) is 0 Å². The van der Waals surface area contributed by atoms with Gasteiger partial charge in [-0.1, -0.05) is 0 Å². The maximum Gasteiger partial charge on any atom is 0.248 e. The molecule has 5 nitrogen and oxygen atoms in total. The molecule has 1 aliphatic heterocycles. The van der Waals surface area contributed by atoms with Gasteiger partial charge in [0.25, 0.3) is 0 Å². The normalized spacial score (nSPS) is 22.9. The fourth-order valence-corrected chi connectivity index (χ4v) is 2.42. The third kappa shape index (κ3) is 7.30. The van der Waals surface area contributed by atoms with E-state index in [-0.39, 0.29) is 12.8 Å². The summed E-state index contributed by atoms with van der Waals surface area (Å²) in [6, 6.07) is 0. The quantitative estimate of drug-likeness (QED) is 0.837. The summed E-state index contributed by atoms with van der Waals surface area (Å²) in [4.78, 5) is 0. The first-order chi connectivity index (χ1) is 9.57.